The number of carboxylic acid groups (broad SMARTS) is 1. The molecule has 1 aromatic carbocycles. The minimum absolute atomic E-state index is 0.0124. The highest BCUT2D eigenvalue weighted by atomic mass is 32.2. The lowest BCUT2D eigenvalue weighted by atomic mass is 9.97. The summed E-state index contributed by atoms with van der Waals surface area (Å²) in [5.41, 5.74) is 7.08. The van der Waals surface area contributed by atoms with Gasteiger partial charge >= 0.3 is 5.97 Å². The van der Waals surface area contributed by atoms with Gasteiger partial charge < -0.3 is 47.3 Å². The third-order valence-electron chi connectivity index (χ3n) is 9.29. The Bertz CT molecular complexity index is 1580. The fourth-order valence-electron chi connectivity index (χ4n) is 5.91. The Morgan fingerprint density at radius 2 is 1.70 bits per heavy atom. The number of hydrogen-bond acceptors (Lipinski definition) is 10. The summed E-state index contributed by atoms with van der Waals surface area (Å²) in [7, 11) is 0. The first-order chi connectivity index (χ1) is 25.7. The van der Waals surface area contributed by atoms with E-state index < -0.39 is 90.1 Å². The number of hydrogen-bond donors (Lipinski definition) is 8. The number of aromatic amines is 1. The van der Waals surface area contributed by atoms with Crippen LogP contribution in [0.3, 0.4) is 0 Å². The molecular weight excluding hydrogens is 719 g/mol. The van der Waals surface area contributed by atoms with Gasteiger partial charge in [0.25, 0.3) is 0 Å². The molecule has 1 saturated heterocycles. The van der Waals surface area contributed by atoms with Gasteiger partial charge in [-0.1, -0.05) is 50.6 Å². The van der Waals surface area contributed by atoms with Gasteiger partial charge in [-0.2, -0.15) is 11.8 Å². The Morgan fingerprint density at radius 3 is 2.33 bits per heavy atom. The maximum atomic E-state index is 14.2. The van der Waals surface area contributed by atoms with Crippen molar-refractivity contribution in [2.24, 2.45) is 11.7 Å². The molecule has 18 heteroatoms. The molecule has 17 nitrogen and oxygen atoms in total. The SMILES string of the molecule is CC[C@H](C)[C@H](NC(=O)[C@H](C)NC(=O)CNC(=O)[C@@H](N)CCSC)C(=O)N[C@@H](Cc1cnc[nH]1)C(=O)N1CCC[C@H]1C(=O)N[C@@H](Cc1ccccc1)C(=O)O. The number of nitrogens with one attached hydrogen (secondary N) is 6. The minimum atomic E-state index is -1.23. The van der Waals surface area contributed by atoms with Crippen LogP contribution >= 0.6 is 11.8 Å². The van der Waals surface area contributed by atoms with Crippen molar-refractivity contribution in [3.05, 3.63) is 54.1 Å². The molecule has 0 unspecified atom stereocenters. The van der Waals surface area contributed by atoms with Gasteiger partial charge in [0.1, 0.15) is 30.2 Å². The van der Waals surface area contributed by atoms with Crippen LogP contribution in [-0.2, 0) is 46.4 Å². The number of nitrogens with two attached hydrogens (primary N) is 1. The van der Waals surface area contributed by atoms with Crippen molar-refractivity contribution >= 4 is 53.2 Å². The lowest BCUT2D eigenvalue weighted by Crippen LogP contribution is -2.60. The van der Waals surface area contributed by atoms with Gasteiger partial charge in [-0.15, -0.1) is 0 Å². The lowest BCUT2D eigenvalue weighted by Gasteiger charge is -2.31. The number of carboxylic acids is 1. The zero-order valence-corrected chi connectivity index (χ0v) is 31.9. The molecule has 0 aliphatic carbocycles. The number of benzene rings is 1. The fraction of sp³-hybridized carbons (Fsp3) is 0.556. The van der Waals surface area contributed by atoms with Crippen LogP contribution in [0, 0.1) is 5.92 Å². The van der Waals surface area contributed by atoms with Crippen LogP contribution in [0.15, 0.2) is 42.9 Å². The van der Waals surface area contributed by atoms with E-state index in [2.05, 4.69) is 36.6 Å². The standard InChI is InChI=1S/C36H53N9O8S/c1-5-21(2)30(44-31(47)22(3)41-29(46)19-39-32(48)25(37)13-15-54-4)34(50)42-26(17-24-18-38-20-40-24)35(51)45-14-9-12-28(45)33(49)43-27(36(52)53)16-23-10-7-6-8-11-23/h6-8,10-11,18,20-22,25-28,30H,5,9,12-17,19,37H2,1-4H3,(H,38,40)(H,39,48)(H,41,46)(H,42,50)(H,43,49)(H,44,47)(H,52,53)/t21-,22-,25-,26-,27-,28-,30-/m0/s1. The number of amides is 6. The third kappa shape index (κ3) is 13.2. The molecule has 2 heterocycles. The normalized spacial score (nSPS) is 17.2. The van der Waals surface area contributed by atoms with Crippen LogP contribution < -0.4 is 32.3 Å². The summed E-state index contributed by atoms with van der Waals surface area (Å²) >= 11 is 1.54. The Kier molecular flexibility index (Phi) is 17.4. The van der Waals surface area contributed by atoms with Crippen LogP contribution in [0.25, 0.3) is 0 Å². The topological polar surface area (TPSA) is 258 Å². The van der Waals surface area contributed by atoms with E-state index >= 15 is 0 Å². The maximum absolute atomic E-state index is 14.2. The summed E-state index contributed by atoms with van der Waals surface area (Å²) in [6.07, 6.45) is 6.54. The summed E-state index contributed by atoms with van der Waals surface area (Å²) in [4.78, 5) is 99.8. The Morgan fingerprint density at radius 1 is 0.981 bits per heavy atom. The molecule has 2 aromatic rings. The number of carbonyl (C=O) groups excluding carboxylic acids is 6. The first-order valence-electron chi connectivity index (χ1n) is 18.0. The van der Waals surface area contributed by atoms with Crippen LogP contribution in [-0.4, -0.2) is 123 Å². The van der Waals surface area contributed by atoms with E-state index in [0.29, 0.717) is 37.1 Å². The molecule has 1 aliphatic rings. The zero-order chi connectivity index (χ0) is 39.8. The van der Waals surface area contributed by atoms with Gasteiger partial charge in [0.05, 0.1) is 18.9 Å². The summed E-state index contributed by atoms with van der Waals surface area (Å²) in [5.74, 6) is -4.55. The molecule has 1 aliphatic heterocycles. The molecule has 0 bridgehead atoms. The van der Waals surface area contributed by atoms with Gasteiger partial charge in [0, 0.05) is 31.3 Å². The van der Waals surface area contributed by atoms with Crippen LogP contribution in [0.5, 0.6) is 0 Å². The molecule has 0 spiro atoms. The monoisotopic (exact) mass is 771 g/mol. The van der Waals surface area contributed by atoms with Crippen molar-refractivity contribution in [3.63, 3.8) is 0 Å². The fourth-order valence-corrected chi connectivity index (χ4v) is 6.40. The summed E-state index contributed by atoms with van der Waals surface area (Å²) < 4.78 is 0. The molecular formula is C36H53N9O8S. The van der Waals surface area contributed by atoms with E-state index in [-0.39, 0.29) is 19.4 Å². The largest absolute Gasteiger partial charge is 0.480 e. The Labute approximate surface area is 319 Å². The van der Waals surface area contributed by atoms with E-state index in [1.54, 1.807) is 49.0 Å². The number of aromatic nitrogens is 2. The van der Waals surface area contributed by atoms with Crippen LogP contribution in [0.1, 0.15) is 57.7 Å². The minimum Gasteiger partial charge on any atom is -0.480 e. The average Bonchev–Trinajstić information content (AvgIpc) is 3.87. The highest BCUT2D eigenvalue weighted by Gasteiger charge is 2.40. The van der Waals surface area contributed by atoms with Crippen molar-refractivity contribution in [2.45, 2.75) is 95.5 Å². The zero-order valence-electron chi connectivity index (χ0n) is 31.1. The molecule has 3 rings (SSSR count). The molecule has 9 N–H and O–H groups in total. The quantitative estimate of drug-likeness (QED) is 0.0801. The smallest absolute Gasteiger partial charge is 0.326 e. The summed E-state index contributed by atoms with van der Waals surface area (Å²) in [6, 6.07) is 2.52. The summed E-state index contributed by atoms with van der Waals surface area (Å²) in [5, 5.41) is 22.9. The number of thioether (sulfide) groups is 1. The number of imidazole rings is 1. The first-order valence-corrected chi connectivity index (χ1v) is 19.4. The third-order valence-corrected chi connectivity index (χ3v) is 9.93. The highest BCUT2D eigenvalue weighted by molar-refractivity contribution is 7.98. The van der Waals surface area contributed by atoms with Crippen LogP contribution in [0.2, 0.25) is 0 Å². The number of H-pyrrole nitrogens is 1. The predicted molar refractivity (Wildman–Crippen MR) is 202 cm³/mol. The lowest BCUT2D eigenvalue weighted by molar-refractivity contribution is -0.145. The molecule has 7 atom stereocenters. The van der Waals surface area contributed by atoms with Crippen molar-refractivity contribution in [1.82, 2.24) is 41.5 Å². The molecule has 1 fully saturated rings. The van der Waals surface area contributed by atoms with Crippen molar-refractivity contribution in [1.29, 1.82) is 0 Å². The van der Waals surface area contributed by atoms with Crippen molar-refractivity contribution in [2.75, 3.05) is 25.1 Å². The maximum Gasteiger partial charge on any atom is 0.326 e. The number of carbonyl (C=O) groups is 7. The molecule has 296 valence electrons. The van der Waals surface area contributed by atoms with Gasteiger partial charge in [-0.25, -0.2) is 9.78 Å². The van der Waals surface area contributed by atoms with Gasteiger partial charge in [0.2, 0.25) is 35.4 Å². The van der Waals surface area contributed by atoms with E-state index in [1.165, 1.54) is 24.3 Å². The summed E-state index contributed by atoms with van der Waals surface area (Å²) in [6.45, 7) is 4.83. The number of aliphatic carboxylic acids is 1. The number of likely N-dealkylation sites (tertiary alicyclic amines) is 1. The molecule has 0 saturated carbocycles. The van der Waals surface area contributed by atoms with Crippen molar-refractivity contribution < 1.29 is 38.7 Å². The van der Waals surface area contributed by atoms with Gasteiger partial charge in [-0.05, 0) is 49.7 Å². The Balaban J connectivity index is 1.70. The highest BCUT2D eigenvalue weighted by Crippen LogP contribution is 2.21. The van der Waals surface area contributed by atoms with E-state index in [9.17, 15) is 38.7 Å². The van der Waals surface area contributed by atoms with Gasteiger partial charge in [-0.3, -0.25) is 28.8 Å². The average molecular weight is 772 g/mol. The van der Waals surface area contributed by atoms with Crippen LogP contribution in [0.4, 0.5) is 0 Å². The van der Waals surface area contributed by atoms with E-state index in [4.69, 9.17) is 5.73 Å². The number of rotatable bonds is 21. The van der Waals surface area contributed by atoms with Gasteiger partial charge in [0.15, 0.2) is 0 Å². The number of nitrogens with zero attached hydrogens (tertiary/aromatic N) is 2. The second-order valence-electron chi connectivity index (χ2n) is 13.4. The van der Waals surface area contributed by atoms with E-state index in [1.807, 2.05) is 13.2 Å². The molecule has 1 aromatic heterocycles. The second kappa shape index (κ2) is 21.7. The Hall–Kier alpha value is -4.97. The second-order valence-corrected chi connectivity index (χ2v) is 14.4. The predicted octanol–water partition coefficient (Wildman–Crippen LogP) is -0.528. The molecule has 54 heavy (non-hydrogen) atoms. The molecule has 0 radical (unpaired) electrons. The van der Waals surface area contributed by atoms with Crippen molar-refractivity contribution in [3.8, 4) is 0 Å². The molecule has 6 amide bonds. The van der Waals surface area contributed by atoms with E-state index in [0.717, 1.165) is 5.56 Å². The first kappa shape index (κ1) is 43.4.